The van der Waals surface area contributed by atoms with Gasteiger partial charge in [0.25, 0.3) is 0 Å². The molecule has 0 atom stereocenters. The average Bonchev–Trinajstić information content (AvgIpc) is 3.43. The number of anilines is 5. The molecule has 0 bridgehead atoms. The first-order chi connectivity index (χ1) is 23.7. The number of nitrogens with zero attached hydrogens (tertiary/aromatic N) is 2. The van der Waals surface area contributed by atoms with E-state index in [2.05, 4.69) is 162 Å². The largest absolute Gasteiger partial charge is 0.453 e. The van der Waals surface area contributed by atoms with Crippen LogP contribution in [-0.2, 0) is 5.41 Å². The second-order valence-electron chi connectivity index (χ2n) is 13.7. The van der Waals surface area contributed by atoms with Gasteiger partial charge >= 0.3 is 6.85 Å². The Bertz CT molecular complexity index is 2560. The zero-order valence-electron chi connectivity index (χ0n) is 26.2. The lowest BCUT2D eigenvalue weighted by Gasteiger charge is -2.52. The number of hydrogen-bond acceptors (Lipinski definition) is 3. The molecule has 0 fully saturated rings. The van der Waals surface area contributed by atoms with Crippen molar-refractivity contribution in [3.8, 4) is 33.8 Å². The first-order valence-electron chi connectivity index (χ1n) is 16.8. The lowest BCUT2D eigenvalue weighted by Crippen LogP contribution is -2.63. The molecular formula is C44H27BN2O. The summed E-state index contributed by atoms with van der Waals surface area (Å²) in [5.74, 6) is 1.81. The molecule has 0 amide bonds. The van der Waals surface area contributed by atoms with E-state index in [4.69, 9.17) is 4.74 Å². The summed E-state index contributed by atoms with van der Waals surface area (Å²) in [5.41, 5.74) is 20.1. The lowest BCUT2D eigenvalue weighted by molar-refractivity contribution is 0.478. The third kappa shape index (κ3) is 2.70. The highest BCUT2D eigenvalue weighted by molar-refractivity contribution is 6.94. The van der Waals surface area contributed by atoms with Crippen molar-refractivity contribution in [1.29, 1.82) is 0 Å². The van der Waals surface area contributed by atoms with Gasteiger partial charge in [-0.05, 0) is 92.7 Å². The highest BCUT2D eigenvalue weighted by Gasteiger charge is 2.56. The predicted octanol–water partition coefficient (Wildman–Crippen LogP) is 9.48. The Morgan fingerprint density at radius 2 is 1.12 bits per heavy atom. The molecule has 222 valence electrons. The van der Waals surface area contributed by atoms with Gasteiger partial charge in [-0.3, -0.25) is 0 Å². The smallest absolute Gasteiger partial charge is 0.333 e. The van der Waals surface area contributed by atoms with Gasteiger partial charge in [-0.2, -0.15) is 0 Å². The maximum absolute atomic E-state index is 6.62. The molecule has 7 aromatic rings. The molecule has 7 aromatic carbocycles. The standard InChI is InChI=1S/C44H27BN2O/c1-26-24-30-29-14-10-23-40-42(29)47(37-21-8-9-22-39(37)48-40)45-35-19-11-18-34-43(35)46(38(25-26)41(30)45)36-20-7-6-17-33(36)44(34)31-15-4-2-12-27(31)28-13-3-5-16-32(28)44/h2-25H,1H3. The van der Waals surface area contributed by atoms with Crippen LogP contribution < -0.4 is 25.4 Å². The molecule has 1 aliphatic carbocycles. The van der Waals surface area contributed by atoms with E-state index in [1.54, 1.807) is 0 Å². The second kappa shape index (κ2) is 8.47. The molecule has 0 N–H and O–H groups in total. The van der Waals surface area contributed by atoms with Gasteiger partial charge in [-0.25, -0.2) is 0 Å². The molecule has 4 aliphatic heterocycles. The van der Waals surface area contributed by atoms with Crippen LogP contribution in [0.1, 0.15) is 27.8 Å². The molecule has 4 heterocycles. The van der Waals surface area contributed by atoms with Crippen LogP contribution in [0.4, 0.5) is 28.4 Å². The lowest BCUT2D eigenvalue weighted by atomic mass is 9.42. The van der Waals surface area contributed by atoms with E-state index in [-0.39, 0.29) is 6.85 Å². The number of aryl methyl sites for hydroxylation is 1. The topological polar surface area (TPSA) is 15.7 Å². The molecule has 0 saturated carbocycles. The zero-order valence-corrected chi connectivity index (χ0v) is 26.2. The minimum atomic E-state index is -0.448. The Morgan fingerprint density at radius 1 is 0.500 bits per heavy atom. The van der Waals surface area contributed by atoms with Crippen molar-refractivity contribution in [1.82, 2.24) is 0 Å². The summed E-state index contributed by atoms with van der Waals surface area (Å²) in [5, 5.41) is 0. The maximum Gasteiger partial charge on any atom is 0.333 e. The molecule has 1 spiro atoms. The second-order valence-corrected chi connectivity index (χ2v) is 13.7. The number of benzene rings is 7. The Kier molecular flexibility index (Phi) is 4.44. The van der Waals surface area contributed by atoms with Crippen molar-refractivity contribution >= 4 is 46.2 Å². The Morgan fingerprint density at radius 3 is 1.94 bits per heavy atom. The van der Waals surface area contributed by atoms with E-state index in [0.717, 1.165) is 22.9 Å². The van der Waals surface area contributed by atoms with Crippen LogP contribution in [0.15, 0.2) is 146 Å². The van der Waals surface area contributed by atoms with E-state index in [9.17, 15) is 0 Å². The Balaban J connectivity index is 1.27. The van der Waals surface area contributed by atoms with E-state index in [1.165, 1.54) is 78.1 Å². The fourth-order valence-corrected chi connectivity index (χ4v) is 9.87. The van der Waals surface area contributed by atoms with Crippen LogP contribution in [0.5, 0.6) is 11.5 Å². The Hall–Kier alpha value is -6.00. The van der Waals surface area contributed by atoms with Gasteiger partial charge < -0.3 is 14.4 Å². The van der Waals surface area contributed by atoms with E-state index < -0.39 is 5.41 Å². The van der Waals surface area contributed by atoms with Crippen LogP contribution in [0, 0.1) is 6.92 Å². The molecule has 5 aliphatic rings. The molecule has 0 aromatic heterocycles. The molecule has 0 saturated heterocycles. The van der Waals surface area contributed by atoms with Crippen molar-refractivity contribution in [2.45, 2.75) is 12.3 Å². The highest BCUT2D eigenvalue weighted by Crippen LogP contribution is 2.64. The fourth-order valence-electron chi connectivity index (χ4n) is 9.87. The highest BCUT2D eigenvalue weighted by atomic mass is 16.5. The summed E-state index contributed by atoms with van der Waals surface area (Å²) < 4.78 is 6.62. The van der Waals surface area contributed by atoms with Crippen molar-refractivity contribution in [2.75, 3.05) is 9.71 Å². The molecule has 12 rings (SSSR count). The van der Waals surface area contributed by atoms with Gasteiger partial charge in [0, 0.05) is 16.9 Å². The quantitative estimate of drug-likeness (QED) is 0.159. The van der Waals surface area contributed by atoms with Crippen LogP contribution >= 0.6 is 0 Å². The van der Waals surface area contributed by atoms with Crippen LogP contribution in [-0.4, -0.2) is 6.85 Å². The first-order valence-corrected chi connectivity index (χ1v) is 16.8. The van der Waals surface area contributed by atoms with Crippen LogP contribution in [0.2, 0.25) is 0 Å². The molecular weight excluding hydrogens is 583 g/mol. The first kappa shape index (κ1) is 25.1. The molecule has 4 heteroatoms. The SMILES string of the molecule is Cc1cc2c3c(c1)N1c4ccccc4C4(c5ccccc5-c5ccccc54)c4cccc(c41)B3N1c3ccccc3Oc3cccc-2c31. The predicted molar refractivity (Wildman–Crippen MR) is 196 cm³/mol. The Labute approximate surface area is 279 Å². The van der Waals surface area contributed by atoms with E-state index >= 15 is 0 Å². The van der Waals surface area contributed by atoms with Gasteiger partial charge in [0.1, 0.15) is 5.75 Å². The summed E-state index contributed by atoms with van der Waals surface area (Å²) in [6, 6.07) is 54.2. The molecule has 3 nitrogen and oxygen atoms in total. The van der Waals surface area contributed by atoms with Crippen molar-refractivity contribution in [3.05, 3.63) is 173 Å². The van der Waals surface area contributed by atoms with Crippen LogP contribution in [0.25, 0.3) is 22.3 Å². The summed E-state index contributed by atoms with van der Waals surface area (Å²) in [6.07, 6.45) is 0. The zero-order chi connectivity index (χ0) is 31.3. The van der Waals surface area contributed by atoms with Crippen LogP contribution in [0.3, 0.4) is 0 Å². The van der Waals surface area contributed by atoms with E-state index in [1.807, 2.05) is 0 Å². The van der Waals surface area contributed by atoms with Crippen molar-refractivity contribution in [3.63, 3.8) is 0 Å². The van der Waals surface area contributed by atoms with Gasteiger partial charge in [-0.15, -0.1) is 0 Å². The summed E-state index contributed by atoms with van der Waals surface area (Å²) in [4.78, 5) is 5.17. The van der Waals surface area contributed by atoms with Gasteiger partial charge in [0.15, 0.2) is 5.75 Å². The minimum absolute atomic E-state index is 0.0327. The monoisotopic (exact) mass is 610 g/mol. The van der Waals surface area contributed by atoms with Crippen molar-refractivity contribution in [2.24, 2.45) is 0 Å². The normalized spacial score (nSPS) is 15.4. The fraction of sp³-hybridized carbons (Fsp3) is 0.0455. The average molecular weight is 611 g/mol. The van der Waals surface area contributed by atoms with E-state index in [0.29, 0.717) is 0 Å². The molecule has 0 unspecified atom stereocenters. The van der Waals surface area contributed by atoms with Gasteiger partial charge in [0.05, 0.1) is 22.5 Å². The third-order valence-corrected chi connectivity index (χ3v) is 11.4. The minimum Gasteiger partial charge on any atom is -0.453 e. The van der Waals surface area contributed by atoms with Gasteiger partial charge in [0.2, 0.25) is 0 Å². The van der Waals surface area contributed by atoms with Gasteiger partial charge in [-0.1, -0.05) is 115 Å². The third-order valence-electron chi connectivity index (χ3n) is 11.4. The molecule has 0 radical (unpaired) electrons. The number of ether oxygens (including phenoxy) is 1. The summed E-state index contributed by atoms with van der Waals surface area (Å²) in [7, 11) is 0. The van der Waals surface area contributed by atoms with Crippen molar-refractivity contribution < 1.29 is 4.74 Å². The number of rotatable bonds is 0. The molecule has 48 heavy (non-hydrogen) atoms. The summed E-state index contributed by atoms with van der Waals surface area (Å²) >= 11 is 0. The maximum atomic E-state index is 6.62. The summed E-state index contributed by atoms with van der Waals surface area (Å²) in [6.45, 7) is 2.20. The number of para-hydroxylation sites is 5. The number of fused-ring (bicyclic) bond motifs is 15. The number of hydrogen-bond donors (Lipinski definition) is 0.